The summed E-state index contributed by atoms with van der Waals surface area (Å²) in [6, 6.07) is 18.8. The summed E-state index contributed by atoms with van der Waals surface area (Å²) in [5.41, 5.74) is 4.82. The van der Waals surface area contributed by atoms with Crippen molar-refractivity contribution in [3.05, 3.63) is 100 Å². The number of anilines is 1. The number of hydrogen-bond acceptors (Lipinski definition) is 2. The van der Waals surface area contributed by atoms with Crippen LogP contribution in [0.2, 0.25) is 0 Å². The van der Waals surface area contributed by atoms with Gasteiger partial charge in [0.2, 0.25) is 5.91 Å². The number of benzene rings is 3. The van der Waals surface area contributed by atoms with Crippen LogP contribution in [0.4, 0.5) is 10.1 Å². The molecule has 2 amide bonds. The lowest BCUT2D eigenvalue weighted by Gasteiger charge is -2.31. The third-order valence-corrected chi connectivity index (χ3v) is 5.85. The monoisotopic (exact) mass is 430 g/mol. The van der Waals surface area contributed by atoms with E-state index in [0.29, 0.717) is 11.3 Å². The van der Waals surface area contributed by atoms with Crippen molar-refractivity contribution in [2.24, 2.45) is 0 Å². The molecule has 0 bridgehead atoms. The highest BCUT2D eigenvalue weighted by Crippen LogP contribution is 2.37. The van der Waals surface area contributed by atoms with E-state index in [2.05, 4.69) is 26.1 Å². The van der Waals surface area contributed by atoms with Crippen LogP contribution in [0.3, 0.4) is 0 Å². The number of nitrogens with zero attached hydrogens (tertiary/aromatic N) is 1. The molecule has 0 aliphatic carbocycles. The summed E-state index contributed by atoms with van der Waals surface area (Å²) in [5.74, 6) is -0.861. The van der Waals surface area contributed by atoms with Crippen LogP contribution in [-0.4, -0.2) is 23.3 Å². The van der Waals surface area contributed by atoms with E-state index in [-0.39, 0.29) is 29.6 Å². The first-order valence-electron chi connectivity index (χ1n) is 10.7. The van der Waals surface area contributed by atoms with E-state index in [1.807, 2.05) is 49.4 Å². The fourth-order valence-electron chi connectivity index (χ4n) is 4.10. The zero-order chi connectivity index (χ0) is 23.0. The number of hydrogen-bond donors (Lipinski definition) is 1. The molecular weight excluding hydrogens is 403 g/mol. The van der Waals surface area contributed by atoms with Crippen LogP contribution in [0.5, 0.6) is 0 Å². The number of amides is 2. The van der Waals surface area contributed by atoms with Crippen molar-refractivity contribution in [1.82, 2.24) is 4.90 Å². The number of fused-ring (bicyclic) bond motifs is 1. The van der Waals surface area contributed by atoms with Gasteiger partial charge in [-0.3, -0.25) is 9.59 Å². The number of halogens is 1. The molecule has 1 N–H and O–H groups in total. The van der Waals surface area contributed by atoms with Crippen LogP contribution in [-0.2, 0) is 10.2 Å². The SMILES string of the molecule is Cc1ccc2c(c1)[C@H](c1ccc(F)cc1)N(C(=O)c1ccc(C(C)(C)C)cc1)CC(=O)N2. The van der Waals surface area contributed by atoms with Gasteiger partial charge >= 0.3 is 0 Å². The smallest absolute Gasteiger partial charge is 0.255 e. The van der Waals surface area contributed by atoms with Gasteiger partial charge in [-0.05, 0) is 53.8 Å². The zero-order valence-electron chi connectivity index (χ0n) is 18.8. The fourth-order valence-corrected chi connectivity index (χ4v) is 4.10. The van der Waals surface area contributed by atoms with E-state index in [1.165, 1.54) is 12.1 Å². The maximum Gasteiger partial charge on any atom is 0.255 e. The highest BCUT2D eigenvalue weighted by atomic mass is 19.1. The normalized spacial score (nSPS) is 16.2. The Bertz CT molecular complexity index is 1160. The van der Waals surface area contributed by atoms with E-state index in [9.17, 15) is 14.0 Å². The Hall–Kier alpha value is -3.47. The van der Waals surface area contributed by atoms with E-state index >= 15 is 0 Å². The van der Waals surface area contributed by atoms with E-state index in [1.54, 1.807) is 17.0 Å². The average molecular weight is 431 g/mol. The predicted molar refractivity (Wildman–Crippen MR) is 124 cm³/mol. The van der Waals surface area contributed by atoms with Gasteiger partial charge in [-0.1, -0.05) is 62.7 Å². The first kappa shape index (κ1) is 21.8. The molecule has 3 aromatic rings. The summed E-state index contributed by atoms with van der Waals surface area (Å²) >= 11 is 0. The van der Waals surface area contributed by atoms with E-state index in [4.69, 9.17) is 0 Å². The molecule has 1 heterocycles. The van der Waals surface area contributed by atoms with Crippen LogP contribution < -0.4 is 5.32 Å². The lowest BCUT2D eigenvalue weighted by atomic mass is 9.86. The Morgan fingerprint density at radius 2 is 1.66 bits per heavy atom. The van der Waals surface area contributed by atoms with Crippen molar-refractivity contribution in [1.29, 1.82) is 0 Å². The topological polar surface area (TPSA) is 49.4 Å². The number of rotatable bonds is 2. The van der Waals surface area contributed by atoms with Gasteiger partial charge in [0, 0.05) is 16.8 Å². The summed E-state index contributed by atoms with van der Waals surface area (Å²) in [5, 5.41) is 2.92. The molecule has 164 valence electrons. The van der Waals surface area contributed by atoms with Crippen LogP contribution >= 0.6 is 0 Å². The molecule has 1 aliphatic heterocycles. The highest BCUT2D eigenvalue weighted by molar-refractivity contribution is 6.01. The molecule has 0 fully saturated rings. The first-order chi connectivity index (χ1) is 15.1. The largest absolute Gasteiger partial charge is 0.324 e. The second kappa shape index (κ2) is 8.23. The van der Waals surface area contributed by atoms with Crippen molar-refractivity contribution in [2.75, 3.05) is 11.9 Å². The average Bonchev–Trinajstić information content (AvgIpc) is 2.89. The van der Waals surface area contributed by atoms with Gasteiger partial charge in [0.25, 0.3) is 5.91 Å². The summed E-state index contributed by atoms with van der Waals surface area (Å²) in [7, 11) is 0. The maximum absolute atomic E-state index is 13.7. The molecule has 0 aromatic heterocycles. The third kappa shape index (κ3) is 4.28. The van der Waals surface area contributed by atoms with Gasteiger partial charge in [0.1, 0.15) is 12.4 Å². The van der Waals surface area contributed by atoms with Gasteiger partial charge in [-0.2, -0.15) is 0 Å². The minimum atomic E-state index is -0.528. The van der Waals surface area contributed by atoms with Crippen LogP contribution in [0.25, 0.3) is 0 Å². The third-order valence-electron chi connectivity index (χ3n) is 5.85. The van der Waals surface area contributed by atoms with Crippen LogP contribution in [0.15, 0.2) is 66.7 Å². The van der Waals surface area contributed by atoms with Crippen molar-refractivity contribution in [3.8, 4) is 0 Å². The molecular formula is C27H27FN2O2. The Balaban J connectivity index is 1.83. The molecule has 0 radical (unpaired) electrons. The highest BCUT2D eigenvalue weighted by Gasteiger charge is 2.34. The summed E-state index contributed by atoms with van der Waals surface area (Å²) < 4.78 is 13.7. The number of nitrogens with one attached hydrogen (secondary N) is 1. The summed E-state index contributed by atoms with van der Waals surface area (Å²) in [4.78, 5) is 28.0. The van der Waals surface area contributed by atoms with E-state index in [0.717, 1.165) is 22.3 Å². The minimum absolute atomic E-state index is 0.0306. The van der Waals surface area contributed by atoms with Crippen molar-refractivity contribution in [2.45, 2.75) is 39.2 Å². The number of carbonyl (C=O) groups excluding carboxylic acids is 2. The van der Waals surface area contributed by atoms with Crippen molar-refractivity contribution >= 4 is 17.5 Å². The first-order valence-corrected chi connectivity index (χ1v) is 10.7. The van der Waals surface area contributed by atoms with Gasteiger partial charge < -0.3 is 10.2 Å². The van der Waals surface area contributed by atoms with Gasteiger partial charge in [-0.15, -0.1) is 0 Å². The molecule has 0 unspecified atom stereocenters. The predicted octanol–water partition coefficient (Wildman–Crippen LogP) is 5.62. The lowest BCUT2D eigenvalue weighted by molar-refractivity contribution is -0.117. The van der Waals surface area contributed by atoms with Gasteiger partial charge in [0.15, 0.2) is 0 Å². The molecule has 1 aliphatic rings. The molecule has 4 nitrogen and oxygen atoms in total. The fraction of sp³-hybridized carbons (Fsp3) is 0.259. The second-order valence-electron chi connectivity index (χ2n) is 9.35. The maximum atomic E-state index is 13.7. The van der Waals surface area contributed by atoms with Gasteiger partial charge in [0.05, 0.1) is 6.04 Å². The molecule has 5 heteroatoms. The van der Waals surface area contributed by atoms with E-state index < -0.39 is 6.04 Å². The van der Waals surface area contributed by atoms with Crippen LogP contribution in [0.1, 0.15) is 59.4 Å². The molecule has 0 saturated heterocycles. The lowest BCUT2D eigenvalue weighted by Crippen LogP contribution is -2.39. The quantitative estimate of drug-likeness (QED) is 0.574. The number of aryl methyl sites for hydroxylation is 1. The van der Waals surface area contributed by atoms with Gasteiger partial charge in [-0.25, -0.2) is 4.39 Å². The second-order valence-corrected chi connectivity index (χ2v) is 9.35. The summed E-state index contributed by atoms with van der Waals surface area (Å²) in [6.45, 7) is 8.22. The zero-order valence-corrected chi connectivity index (χ0v) is 18.8. The molecule has 0 saturated carbocycles. The molecule has 1 atom stereocenters. The van der Waals surface area contributed by atoms with Crippen molar-refractivity contribution in [3.63, 3.8) is 0 Å². The molecule has 4 rings (SSSR count). The summed E-state index contributed by atoms with van der Waals surface area (Å²) in [6.07, 6.45) is 0. The number of carbonyl (C=O) groups is 2. The molecule has 3 aromatic carbocycles. The molecule has 0 spiro atoms. The Kier molecular flexibility index (Phi) is 5.59. The molecule has 32 heavy (non-hydrogen) atoms. The van der Waals surface area contributed by atoms with Crippen LogP contribution in [0, 0.1) is 12.7 Å². The Labute approximate surface area is 188 Å². The standard InChI is InChI=1S/C27H27FN2O2/c1-17-5-14-23-22(15-17)25(18-8-12-21(28)13-9-18)30(16-24(31)29-23)26(32)19-6-10-20(11-7-19)27(2,3)4/h5-15,25H,16H2,1-4H3,(H,29,31)/t25-/m0/s1. The minimum Gasteiger partial charge on any atom is -0.324 e. The Morgan fingerprint density at radius 1 is 1.00 bits per heavy atom. The Morgan fingerprint density at radius 3 is 2.28 bits per heavy atom. The van der Waals surface area contributed by atoms with Crippen molar-refractivity contribution < 1.29 is 14.0 Å².